The number of cyclic esters (lactones) is 1. The van der Waals surface area contributed by atoms with Gasteiger partial charge in [-0.25, -0.2) is 4.79 Å². The zero-order valence-electron chi connectivity index (χ0n) is 19.5. The summed E-state index contributed by atoms with van der Waals surface area (Å²) in [5.41, 5.74) is 2.33. The van der Waals surface area contributed by atoms with Gasteiger partial charge < -0.3 is 35.0 Å². The molecule has 184 valence electrons. The van der Waals surface area contributed by atoms with Crippen LogP contribution in [0.2, 0.25) is 0 Å². The molecule has 1 aliphatic heterocycles. The smallest absolute Gasteiger partial charge is 0.377 e. The van der Waals surface area contributed by atoms with Gasteiger partial charge in [0.05, 0.1) is 19.2 Å². The Morgan fingerprint density at radius 3 is 2.59 bits per heavy atom. The minimum Gasteiger partial charge on any atom is -0.505 e. The molecule has 0 aromatic heterocycles. The zero-order valence-corrected chi connectivity index (χ0v) is 19.5. The van der Waals surface area contributed by atoms with Crippen molar-refractivity contribution in [3.8, 4) is 0 Å². The summed E-state index contributed by atoms with van der Waals surface area (Å²) in [6, 6.07) is 8.34. The first-order valence-electron chi connectivity index (χ1n) is 11.0. The molecule has 1 aromatic rings. The van der Waals surface area contributed by atoms with E-state index in [4.69, 9.17) is 4.74 Å². The van der Waals surface area contributed by atoms with Crippen molar-refractivity contribution >= 4 is 23.7 Å². The number of quaternary nitrogens is 1. The van der Waals surface area contributed by atoms with Gasteiger partial charge in [-0.2, -0.15) is 0 Å². The van der Waals surface area contributed by atoms with Gasteiger partial charge in [-0.3, -0.25) is 4.79 Å². The summed E-state index contributed by atoms with van der Waals surface area (Å²) in [4.78, 5) is 24.9. The van der Waals surface area contributed by atoms with E-state index in [1.807, 2.05) is 43.8 Å². The van der Waals surface area contributed by atoms with Gasteiger partial charge in [-0.1, -0.05) is 36.4 Å². The lowest BCUT2D eigenvalue weighted by molar-refractivity contribution is -0.588. The maximum Gasteiger partial charge on any atom is 0.377 e. The summed E-state index contributed by atoms with van der Waals surface area (Å²) < 4.78 is 9.52. The minimum atomic E-state index is -1.46. The van der Waals surface area contributed by atoms with Crippen LogP contribution in [0.4, 0.5) is 5.69 Å². The summed E-state index contributed by atoms with van der Waals surface area (Å²) in [6.45, 7) is 0.223. The molecule has 1 heterocycles. The lowest BCUT2D eigenvalue weighted by Crippen LogP contribution is -2.78. The Kier molecular flexibility index (Phi) is 10.9. The quantitative estimate of drug-likeness (QED) is 0.193. The highest BCUT2D eigenvalue weighted by atomic mass is 16.6. The summed E-state index contributed by atoms with van der Waals surface area (Å²) >= 11 is 0. The molecule has 0 amide bonds. The molecular formula is C25H33N2O7+. The number of allylic oxidation sites excluding steroid dienone is 4. The van der Waals surface area contributed by atoms with Gasteiger partial charge in [0.1, 0.15) is 12.7 Å². The highest BCUT2D eigenvalue weighted by Crippen LogP contribution is 2.21. The second-order valence-corrected chi connectivity index (χ2v) is 7.88. The van der Waals surface area contributed by atoms with Crippen LogP contribution in [0.5, 0.6) is 0 Å². The van der Waals surface area contributed by atoms with Crippen LogP contribution in [0, 0.1) is 0 Å². The molecule has 0 aliphatic carbocycles. The van der Waals surface area contributed by atoms with Gasteiger partial charge in [0.2, 0.25) is 5.76 Å². The number of ether oxygens (including phenoxy) is 2. The van der Waals surface area contributed by atoms with Crippen LogP contribution in [0.1, 0.15) is 24.8 Å². The molecule has 0 saturated heterocycles. The number of carbonyl (C=O) groups is 2. The van der Waals surface area contributed by atoms with E-state index in [0.29, 0.717) is 13.0 Å². The van der Waals surface area contributed by atoms with Gasteiger partial charge >= 0.3 is 11.9 Å². The summed E-state index contributed by atoms with van der Waals surface area (Å²) in [6.07, 6.45) is 10.7. The van der Waals surface area contributed by atoms with Crippen LogP contribution in [0.15, 0.2) is 66.3 Å². The molecule has 2 unspecified atom stereocenters. The Morgan fingerprint density at radius 1 is 1.21 bits per heavy atom. The second kappa shape index (κ2) is 13.9. The molecule has 2 rings (SSSR count). The molecule has 0 radical (unpaired) electrons. The number of hydrogen-bond acceptors (Lipinski definition) is 8. The van der Waals surface area contributed by atoms with E-state index in [9.17, 15) is 24.9 Å². The molecule has 9 nitrogen and oxygen atoms in total. The second-order valence-electron chi connectivity index (χ2n) is 7.88. The van der Waals surface area contributed by atoms with E-state index < -0.39 is 42.3 Å². The molecule has 0 saturated carbocycles. The molecular weight excluding hydrogens is 440 g/mol. The number of hydrogen-bond donors (Lipinski definition) is 4. The highest BCUT2D eigenvalue weighted by molar-refractivity contribution is 5.89. The third-order valence-corrected chi connectivity index (χ3v) is 4.94. The number of rotatable bonds is 13. The first-order chi connectivity index (χ1) is 16.3. The van der Waals surface area contributed by atoms with E-state index in [-0.39, 0.29) is 6.42 Å². The molecule has 5 N–H and O–H groups in total. The Hall–Kier alpha value is -3.56. The van der Waals surface area contributed by atoms with Crippen molar-refractivity contribution < 1.29 is 39.7 Å². The number of benzene rings is 1. The largest absolute Gasteiger partial charge is 0.505 e. The van der Waals surface area contributed by atoms with E-state index in [0.717, 1.165) is 12.0 Å². The van der Waals surface area contributed by atoms with Crippen LogP contribution in [-0.2, 0) is 19.1 Å². The number of aliphatic hydroxyl groups excluding tert-OH is 3. The normalized spacial score (nSPS) is 17.1. The van der Waals surface area contributed by atoms with Gasteiger partial charge in [0.25, 0.3) is 0 Å². The number of esters is 2. The van der Waals surface area contributed by atoms with Crippen molar-refractivity contribution in [2.24, 2.45) is 0 Å². The Balaban J connectivity index is 1.52. The van der Waals surface area contributed by atoms with Gasteiger partial charge in [0.15, 0.2) is 11.9 Å². The number of aliphatic hydroxyl groups is 3. The van der Waals surface area contributed by atoms with E-state index in [1.54, 1.807) is 0 Å². The molecule has 1 aliphatic rings. The Labute approximate surface area is 199 Å². The molecule has 2 atom stereocenters. The van der Waals surface area contributed by atoms with E-state index in [1.165, 1.54) is 5.69 Å². The standard InChI is InChI=1S/C25H32N2O7/c1-27(2)19-13-11-18(12-14-19)9-6-4-3-5-7-15-26-16-8-10-21(29)33-17-20(28)24-22(30)23(31)25(32)34-24/h3,5-7,9,11-15,20,24,26,28,30-31H,4,8,10,16-17H2,1-2H3/p+1/b5-3-,9-6+,15-7-. The molecule has 34 heavy (non-hydrogen) atoms. The van der Waals surface area contributed by atoms with E-state index in [2.05, 4.69) is 46.1 Å². The molecule has 0 bridgehead atoms. The summed E-state index contributed by atoms with van der Waals surface area (Å²) in [7, 11) is 4.03. The lowest BCUT2D eigenvalue weighted by atomic mass is 10.1. The van der Waals surface area contributed by atoms with Crippen LogP contribution >= 0.6 is 0 Å². The topological polar surface area (TPSA) is 133 Å². The number of carbonyl (C=O) groups excluding carboxylic acids is 2. The molecule has 0 fully saturated rings. The fraction of sp³-hybridized carbons (Fsp3) is 0.360. The summed E-state index contributed by atoms with van der Waals surface area (Å²) in [5.74, 6) is -3.36. The number of nitrogens with zero attached hydrogens (tertiary/aromatic N) is 1. The number of nitrogens with two attached hydrogens (primary N) is 1. The predicted octanol–water partition coefficient (Wildman–Crippen LogP) is 1.73. The average Bonchev–Trinajstić information content (AvgIpc) is 3.08. The fourth-order valence-corrected chi connectivity index (χ4v) is 2.99. The van der Waals surface area contributed by atoms with Gasteiger partial charge in [-0.15, -0.1) is 0 Å². The first kappa shape index (κ1) is 26.7. The summed E-state index contributed by atoms with van der Waals surface area (Å²) in [5, 5.41) is 30.5. The minimum absolute atomic E-state index is 0.157. The monoisotopic (exact) mass is 473 g/mol. The SMILES string of the molecule is CN(C)c1ccc(/C=C/C/C=C\C=C/[NH2+]CCCC(=O)OCC(O)C2OC(=O)C(O)=C2O)cc1. The van der Waals surface area contributed by atoms with Crippen LogP contribution in [0.25, 0.3) is 6.08 Å². The van der Waals surface area contributed by atoms with Crippen LogP contribution < -0.4 is 10.2 Å². The molecule has 0 spiro atoms. The zero-order chi connectivity index (χ0) is 24.9. The molecule has 1 aromatic carbocycles. The van der Waals surface area contributed by atoms with Crippen molar-refractivity contribution in [2.45, 2.75) is 31.5 Å². The maximum absolute atomic E-state index is 11.7. The fourth-order valence-electron chi connectivity index (χ4n) is 2.99. The van der Waals surface area contributed by atoms with Crippen molar-refractivity contribution in [3.05, 3.63) is 71.9 Å². The van der Waals surface area contributed by atoms with Crippen molar-refractivity contribution in [3.63, 3.8) is 0 Å². The van der Waals surface area contributed by atoms with Gasteiger partial charge in [0, 0.05) is 26.2 Å². The van der Waals surface area contributed by atoms with Crippen molar-refractivity contribution in [1.82, 2.24) is 0 Å². The van der Waals surface area contributed by atoms with Crippen LogP contribution in [-0.4, -0.2) is 66.7 Å². The first-order valence-corrected chi connectivity index (χ1v) is 11.0. The highest BCUT2D eigenvalue weighted by Gasteiger charge is 2.39. The lowest BCUT2D eigenvalue weighted by Gasteiger charge is -2.17. The number of anilines is 1. The third kappa shape index (κ3) is 8.76. The predicted molar refractivity (Wildman–Crippen MR) is 128 cm³/mol. The van der Waals surface area contributed by atoms with Crippen LogP contribution in [0.3, 0.4) is 0 Å². The van der Waals surface area contributed by atoms with E-state index >= 15 is 0 Å². The average molecular weight is 474 g/mol. The van der Waals surface area contributed by atoms with Crippen molar-refractivity contribution in [1.29, 1.82) is 0 Å². The molecule has 9 heteroatoms. The maximum atomic E-state index is 11.7. The van der Waals surface area contributed by atoms with Gasteiger partial charge in [-0.05, 0) is 30.2 Å². The Morgan fingerprint density at radius 2 is 1.94 bits per heavy atom. The third-order valence-electron chi connectivity index (χ3n) is 4.94. The van der Waals surface area contributed by atoms with Crippen molar-refractivity contribution in [2.75, 3.05) is 32.1 Å². The Bertz CT molecular complexity index is 933.